The monoisotopic (exact) mass is 263 g/mol. The Hall–Kier alpha value is -1.53. The van der Waals surface area contributed by atoms with Gasteiger partial charge < -0.3 is 9.73 Å². The van der Waals surface area contributed by atoms with Crippen LogP contribution in [-0.2, 0) is 0 Å². The topological polar surface area (TPSA) is 68.0 Å². The van der Waals surface area contributed by atoms with Crippen molar-refractivity contribution < 1.29 is 9.21 Å². The molecular weight excluding hydrogens is 250 g/mol. The zero-order valence-corrected chi connectivity index (χ0v) is 10.6. The van der Waals surface area contributed by atoms with Crippen LogP contribution < -0.4 is 5.32 Å². The Bertz CT molecular complexity index is 529. The van der Waals surface area contributed by atoms with Crippen molar-refractivity contribution in [2.75, 3.05) is 13.1 Å². The van der Waals surface area contributed by atoms with Gasteiger partial charge in [0.25, 0.3) is 11.8 Å². The van der Waals surface area contributed by atoms with Crippen molar-refractivity contribution in [2.45, 2.75) is 12.8 Å². The normalized spacial score (nSPS) is 16.9. The Morgan fingerprint density at radius 2 is 2.22 bits per heavy atom. The van der Waals surface area contributed by atoms with Gasteiger partial charge >= 0.3 is 0 Å². The van der Waals surface area contributed by atoms with E-state index in [0.29, 0.717) is 5.89 Å². The highest BCUT2D eigenvalue weighted by Gasteiger charge is 2.26. The highest BCUT2D eigenvalue weighted by Crippen LogP contribution is 2.24. The highest BCUT2D eigenvalue weighted by molar-refractivity contribution is 7.13. The van der Waals surface area contributed by atoms with Crippen molar-refractivity contribution in [3.8, 4) is 10.8 Å². The van der Waals surface area contributed by atoms with Crippen molar-refractivity contribution in [2.24, 2.45) is 5.92 Å². The van der Waals surface area contributed by atoms with E-state index in [2.05, 4.69) is 15.5 Å². The third-order valence-electron chi connectivity index (χ3n) is 3.08. The van der Waals surface area contributed by atoms with Gasteiger partial charge in [-0.25, -0.2) is 0 Å². The van der Waals surface area contributed by atoms with E-state index in [9.17, 15) is 4.79 Å². The summed E-state index contributed by atoms with van der Waals surface area (Å²) in [5, 5.41) is 13.0. The van der Waals surface area contributed by atoms with Crippen molar-refractivity contribution >= 4 is 17.1 Å². The molecule has 0 atom stereocenters. The van der Waals surface area contributed by atoms with Gasteiger partial charge in [0.1, 0.15) is 0 Å². The second-order valence-electron chi connectivity index (χ2n) is 4.28. The van der Waals surface area contributed by atoms with Crippen LogP contribution in [0.1, 0.15) is 23.5 Å². The van der Waals surface area contributed by atoms with E-state index in [4.69, 9.17) is 4.42 Å². The zero-order chi connectivity index (χ0) is 12.4. The number of hydrogen-bond donors (Lipinski definition) is 1. The van der Waals surface area contributed by atoms with Crippen LogP contribution in [0.25, 0.3) is 10.8 Å². The van der Waals surface area contributed by atoms with Crippen LogP contribution in [-0.4, -0.2) is 29.1 Å². The number of hydrogen-bond acceptors (Lipinski definition) is 6. The smallest absolute Gasteiger partial charge is 0.284 e. The Labute approximate surface area is 108 Å². The van der Waals surface area contributed by atoms with Gasteiger partial charge in [0, 0.05) is 5.92 Å². The molecule has 2 aromatic rings. The Kier molecular flexibility index (Phi) is 3.21. The SMILES string of the molecule is O=C(c1nnc(-c2cccs2)o1)C1CCNCC1. The molecule has 0 saturated carbocycles. The third-order valence-corrected chi connectivity index (χ3v) is 3.94. The molecule has 94 valence electrons. The molecule has 0 aromatic carbocycles. The largest absolute Gasteiger partial charge is 0.413 e. The number of carbonyl (C=O) groups excluding carboxylic acids is 1. The predicted molar refractivity (Wildman–Crippen MR) is 67.5 cm³/mol. The van der Waals surface area contributed by atoms with E-state index < -0.39 is 0 Å². The number of nitrogens with zero attached hydrogens (tertiary/aromatic N) is 2. The summed E-state index contributed by atoms with van der Waals surface area (Å²) < 4.78 is 5.46. The summed E-state index contributed by atoms with van der Waals surface area (Å²) in [6.45, 7) is 1.75. The van der Waals surface area contributed by atoms with E-state index >= 15 is 0 Å². The fraction of sp³-hybridized carbons (Fsp3) is 0.417. The summed E-state index contributed by atoms with van der Waals surface area (Å²) in [6.07, 6.45) is 1.69. The number of carbonyl (C=O) groups is 1. The summed E-state index contributed by atoms with van der Waals surface area (Å²) in [5.74, 6) is 0.572. The third kappa shape index (κ3) is 2.21. The predicted octanol–water partition coefficient (Wildman–Crippen LogP) is 1.98. The van der Waals surface area contributed by atoms with Gasteiger partial charge in [-0.15, -0.1) is 21.5 Å². The fourth-order valence-corrected chi connectivity index (χ4v) is 2.73. The zero-order valence-electron chi connectivity index (χ0n) is 9.76. The molecule has 1 aliphatic heterocycles. The number of nitrogens with one attached hydrogen (secondary N) is 1. The number of ketones is 1. The molecular formula is C12H13N3O2S. The molecule has 1 N–H and O–H groups in total. The van der Waals surface area contributed by atoms with Crippen molar-refractivity contribution in [1.82, 2.24) is 15.5 Å². The van der Waals surface area contributed by atoms with Crippen LogP contribution in [0.2, 0.25) is 0 Å². The van der Waals surface area contributed by atoms with E-state index in [0.717, 1.165) is 30.8 Å². The van der Waals surface area contributed by atoms with Crippen LogP contribution in [0.5, 0.6) is 0 Å². The standard InChI is InChI=1S/C12H13N3O2S/c16-10(8-3-5-13-6-4-8)12-15-14-11(17-12)9-2-1-7-18-9/h1-2,7-8,13H,3-6H2. The first-order valence-electron chi connectivity index (χ1n) is 5.97. The van der Waals surface area contributed by atoms with Gasteiger partial charge in [-0.3, -0.25) is 4.79 Å². The van der Waals surface area contributed by atoms with Crippen molar-refractivity contribution in [3.05, 3.63) is 23.4 Å². The quantitative estimate of drug-likeness (QED) is 0.858. The maximum Gasteiger partial charge on any atom is 0.284 e. The molecule has 1 saturated heterocycles. The Morgan fingerprint density at radius 1 is 1.39 bits per heavy atom. The molecule has 0 spiro atoms. The van der Waals surface area contributed by atoms with Crippen LogP contribution in [0.4, 0.5) is 0 Å². The van der Waals surface area contributed by atoms with E-state index in [1.165, 1.54) is 11.3 Å². The van der Waals surface area contributed by atoms with Crippen LogP contribution in [0.3, 0.4) is 0 Å². The molecule has 2 aromatic heterocycles. The first-order valence-corrected chi connectivity index (χ1v) is 6.85. The van der Waals surface area contributed by atoms with Crippen LogP contribution in [0, 0.1) is 5.92 Å². The molecule has 1 aliphatic rings. The van der Waals surface area contributed by atoms with Gasteiger partial charge in [0.15, 0.2) is 0 Å². The van der Waals surface area contributed by atoms with Gasteiger partial charge in [0.2, 0.25) is 5.78 Å². The number of rotatable bonds is 3. The van der Waals surface area contributed by atoms with Gasteiger partial charge in [-0.2, -0.15) is 0 Å². The summed E-state index contributed by atoms with van der Waals surface area (Å²) in [5.41, 5.74) is 0. The van der Waals surface area contributed by atoms with Crippen LogP contribution in [0.15, 0.2) is 21.9 Å². The number of Topliss-reactive ketones (excluding diaryl/α,β-unsaturated/α-hetero) is 1. The van der Waals surface area contributed by atoms with Crippen LogP contribution >= 0.6 is 11.3 Å². The van der Waals surface area contributed by atoms with E-state index in [1.54, 1.807) is 0 Å². The highest BCUT2D eigenvalue weighted by atomic mass is 32.1. The maximum absolute atomic E-state index is 12.2. The molecule has 0 amide bonds. The van der Waals surface area contributed by atoms with Crippen molar-refractivity contribution in [3.63, 3.8) is 0 Å². The van der Waals surface area contributed by atoms with E-state index in [-0.39, 0.29) is 17.6 Å². The first kappa shape index (κ1) is 11.6. The molecule has 1 fully saturated rings. The molecule has 6 heteroatoms. The van der Waals surface area contributed by atoms with Gasteiger partial charge in [-0.05, 0) is 37.4 Å². The molecule has 0 unspecified atom stereocenters. The molecule has 3 heterocycles. The number of aromatic nitrogens is 2. The van der Waals surface area contributed by atoms with E-state index in [1.807, 2.05) is 17.5 Å². The minimum absolute atomic E-state index is 0.0166. The number of thiophene rings is 1. The van der Waals surface area contributed by atoms with Crippen molar-refractivity contribution in [1.29, 1.82) is 0 Å². The summed E-state index contributed by atoms with van der Waals surface area (Å²) in [7, 11) is 0. The molecule has 0 bridgehead atoms. The number of piperidine rings is 1. The summed E-state index contributed by atoms with van der Waals surface area (Å²) in [4.78, 5) is 13.1. The summed E-state index contributed by atoms with van der Waals surface area (Å²) >= 11 is 1.52. The molecule has 5 nitrogen and oxygen atoms in total. The molecule has 3 rings (SSSR count). The summed E-state index contributed by atoms with van der Waals surface area (Å²) in [6, 6.07) is 3.81. The minimum Gasteiger partial charge on any atom is -0.413 e. The lowest BCUT2D eigenvalue weighted by Gasteiger charge is -2.19. The first-order chi connectivity index (χ1) is 8.84. The Balaban J connectivity index is 1.78. The second-order valence-corrected chi connectivity index (χ2v) is 5.23. The second kappa shape index (κ2) is 4.99. The lowest BCUT2D eigenvalue weighted by molar-refractivity contribution is 0.0859. The lowest BCUT2D eigenvalue weighted by Crippen LogP contribution is -2.32. The van der Waals surface area contributed by atoms with Gasteiger partial charge in [-0.1, -0.05) is 6.07 Å². The fourth-order valence-electron chi connectivity index (χ4n) is 2.08. The Morgan fingerprint density at radius 3 is 2.94 bits per heavy atom. The minimum atomic E-state index is -0.0215. The molecule has 0 aliphatic carbocycles. The molecule has 0 radical (unpaired) electrons. The lowest BCUT2D eigenvalue weighted by atomic mass is 9.93. The molecule has 18 heavy (non-hydrogen) atoms. The average molecular weight is 263 g/mol. The maximum atomic E-state index is 12.2. The van der Waals surface area contributed by atoms with Gasteiger partial charge in [0.05, 0.1) is 4.88 Å². The average Bonchev–Trinajstić information content (AvgIpc) is 3.09.